The summed E-state index contributed by atoms with van der Waals surface area (Å²) < 4.78 is 19.9. The SMILES string of the molecule is CN/C([S-])=N/N=C(/C(C)=N/N=C(\[S-])NCCOC[P+](c1ccccc1)(c1ccccc1)c1ccccc1)c1ccc(F)cc1.[Cu+2]. The van der Waals surface area contributed by atoms with Crippen LogP contribution in [0.2, 0.25) is 0 Å². The van der Waals surface area contributed by atoms with Crippen LogP contribution < -0.4 is 26.5 Å². The van der Waals surface area contributed by atoms with Crippen LogP contribution in [0, 0.1) is 5.82 Å². The van der Waals surface area contributed by atoms with Crippen LogP contribution in [0.1, 0.15) is 12.5 Å². The predicted molar refractivity (Wildman–Crippen MR) is 189 cm³/mol. The Kier molecular flexibility index (Phi) is 14.7. The second-order valence-corrected chi connectivity index (χ2v) is 13.7. The van der Waals surface area contributed by atoms with E-state index in [4.69, 9.17) is 30.0 Å². The zero-order valence-corrected chi connectivity index (χ0v) is 28.2. The first-order valence-electron chi connectivity index (χ1n) is 13.9. The fourth-order valence-corrected chi connectivity index (χ4v) is 8.42. The second-order valence-electron chi connectivity index (χ2n) is 9.48. The number of nitrogens with zero attached hydrogens (tertiary/aromatic N) is 4. The summed E-state index contributed by atoms with van der Waals surface area (Å²) in [7, 11) is -0.442. The number of nitrogens with one attached hydrogen (secondary N) is 2. The van der Waals surface area contributed by atoms with Gasteiger partial charge in [0.05, 0.1) is 12.3 Å². The maximum atomic E-state index is 13.5. The Morgan fingerprint density at radius 1 is 0.711 bits per heavy atom. The van der Waals surface area contributed by atoms with Gasteiger partial charge < -0.3 is 40.6 Å². The number of benzene rings is 4. The molecule has 7 nitrogen and oxygen atoms in total. The van der Waals surface area contributed by atoms with E-state index in [2.05, 4.69) is 104 Å². The van der Waals surface area contributed by atoms with Gasteiger partial charge in [0.15, 0.2) is 6.35 Å². The largest absolute Gasteiger partial charge is 2.00 e. The van der Waals surface area contributed by atoms with E-state index in [9.17, 15) is 4.39 Å². The van der Waals surface area contributed by atoms with Crippen molar-refractivity contribution >= 4 is 70.2 Å². The van der Waals surface area contributed by atoms with Crippen molar-refractivity contribution < 1.29 is 26.2 Å². The monoisotopic (exact) mass is 706 g/mol. The summed E-state index contributed by atoms with van der Waals surface area (Å²) in [5, 5.41) is 26.5. The molecule has 0 amide bonds. The summed E-state index contributed by atoms with van der Waals surface area (Å²) >= 11 is 10.5. The molecule has 0 saturated carbocycles. The van der Waals surface area contributed by atoms with Crippen molar-refractivity contribution in [2.24, 2.45) is 20.4 Å². The van der Waals surface area contributed by atoms with Crippen LogP contribution in [0.4, 0.5) is 4.39 Å². The standard InChI is InChI=1S/C33H34FN6OPS2.Cu/c1-25(31(38-39-32(43)35-2)26-18-20-27(34)21-19-26)37-40-33(44)36-22-23-41-24-42(28-12-6-3-7-13-28,29-14-8-4-9-15-29)30-16-10-5-11-17-30;/h3-21H,22-24H2,1-2H3,(H3-,35,36,37,38,39,40,43,44);/q;+2/p-1. The van der Waals surface area contributed by atoms with Gasteiger partial charge in [-0.1, -0.05) is 54.6 Å². The molecule has 0 atom stereocenters. The molecule has 4 aromatic rings. The number of hydrogen-bond donors (Lipinski definition) is 2. The molecule has 0 saturated heterocycles. The van der Waals surface area contributed by atoms with Crippen molar-refractivity contribution in [3.63, 3.8) is 0 Å². The van der Waals surface area contributed by atoms with E-state index >= 15 is 0 Å². The number of amidine groups is 2. The third kappa shape index (κ3) is 9.96. The van der Waals surface area contributed by atoms with Crippen molar-refractivity contribution in [2.45, 2.75) is 6.92 Å². The molecule has 235 valence electrons. The fraction of sp³-hybridized carbons (Fsp3) is 0.152. The van der Waals surface area contributed by atoms with Crippen molar-refractivity contribution in [2.75, 3.05) is 26.5 Å². The Morgan fingerprint density at radius 2 is 1.20 bits per heavy atom. The normalized spacial score (nSPS) is 12.8. The molecule has 0 aromatic heterocycles. The first-order valence-corrected chi connectivity index (χ1v) is 16.7. The Balaban J connectivity index is 0.00000552. The van der Waals surface area contributed by atoms with Gasteiger partial charge in [-0.3, -0.25) is 0 Å². The number of hydrogen-bond acceptors (Lipinski definition) is 7. The minimum absolute atomic E-state index is 0. The van der Waals surface area contributed by atoms with Gasteiger partial charge in [0.25, 0.3) is 0 Å². The molecule has 0 aliphatic rings. The topological polar surface area (TPSA) is 82.7 Å². The summed E-state index contributed by atoms with van der Waals surface area (Å²) in [4.78, 5) is 0. The molecule has 45 heavy (non-hydrogen) atoms. The van der Waals surface area contributed by atoms with Crippen molar-refractivity contribution in [1.82, 2.24) is 10.6 Å². The van der Waals surface area contributed by atoms with E-state index in [0.717, 1.165) is 0 Å². The molecule has 4 rings (SSSR count). The van der Waals surface area contributed by atoms with Crippen LogP contribution in [0.5, 0.6) is 0 Å². The third-order valence-electron chi connectivity index (χ3n) is 6.60. The maximum absolute atomic E-state index is 13.5. The van der Waals surface area contributed by atoms with Crippen LogP contribution >= 0.6 is 7.26 Å². The predicted octanol–water partition coefficient (Wildman–Crippen LogP) is 4.49. The summed E-state index contributed by atoms with van der Waals surface area (Å²) in [6.07, 6.45) is 0.531. The van der Waals surface area contributed by atoms with Gasteiger partial charge in [-0.15, -0.1) is 5.10 Å². The van der Waals surface area contributed by atoms with Crippen LogP contribution in [0.15, 0.2) is 136 Å². The molecule has 0 fully saturated rings. The smallest absolute Gasteiger partial charge is 0.741 e. The second kappa shape index (κ2) is 18.4. The molecular formula is C33H33CuFN6OPS2+. The fourth-order valence-electron chi connectivity index (χ4n) is 4.45. The van der Waals surface area contributed by atoms with Crippen LogP contribution in [-0.2, 0) is 47.1 Å². The van der Waals surface area contributed by atoms with Crippen molar-refractivity contribution in [1.29, 1.82) is 0 Å². The maximum Gasteiger partial charge on any atom is 2.00 e. The van der Waals surface area contributed by atoms with Gasteiger partial charge in [0, 0.05) is 19.2 Å². The minimum Gasteiger partial charge on any atom is -0.741 e. The molecule has 0 unspecified atom stereocenters. The van der Waals surface area contributed by atoms with Crippen LogP contribution in [0.3, 0.4) is 0 Å². The van der Waals surface area contributed by atoms with Gasteiger partial charge in [-0.25, -0.2) is 4.39 Å². The quantitative estimate of drug-likeness (QED) is 0.0432. The third-order valence-corrected chi connectivity index (χ3v) is 11.2. The minimum atomic E-state index is -2.09. The van der Waals surface area contributed by atoms with E-state index in [1.165, 1.54) is 28.0 Å². The summed E-state index contributed by atoms with van der Waals surface area (Å²) in [5.41, 5.74) is 1.43. The molecule has 1 radical (unpaired) electrons. The van der Waals surface area contributed by atoms with Crippen molar-refractivity contribution in [3.05, 3.63) is 127 Å². The van der Waals surface area contributed by atoms with E-state index in [1.807, 2.05) is 18.2 Å². The van der Waals surface area contributed by atoms with Gasteiger partial charge in [0.2, 0.25) is 0 Å². The number of rotatable bonds is 12. The zero-order valence-electron chi connectivity index (χ0n) is 24.7. The van der Waals surface area contributed by atoms with Crippen LogP contribution in [0.25, 0.3) is 0 Å². The molecular weight excluding hydrogens is 674 g/mol. The molecule has 0 aliphatic heterocycles. The molecule has 4 aromatic carbocycles. The van der Waals surface area contributed by atoms with Gasteiger partial charge in [0.1, 0.15) is 34.7 Å². The zero-order chi connectivity index (χ0) is 31.2. The molecule has 0 heterocycles. The van der Waals surface area contributed by atoms with E-state index in [1.54, 1.807) is 26.1 Å². The molecule has 2 N–H and O–H groups in total. The van der Waals surface area contributed by atoms with Gasteiger partial charge in [-0.05, 0) is 77.9 Å². The van der Waals surface area contributed by atoms with Gasteiger partial charge >= 0.3 is 17.1 Å². The first-order chi connectivity index (χ1) is 21.4. The number of ether oxygens (including phenoxy) is 1. The molecule has 0 spiro atoms. The Morgan fingerprint density at radius 3 is 1.69 bits per heavy atom. The molecule has 0 bridgehead atoms. The molecule has 0 aliphatic carbocycles. The summed E-state index contributed by atoms with van der Waals surface area (Å²) in [6.45, 7) is 2.57. The van der Waals surface area contributed by atoms with E-state index < -0.39 is 7.26 Å². The first kappa shape index (κ1) is 35.9. The van der Waals surface area contributed by atoms with E-state index in [-0.39, 0.29) is 33.2 Å². The van der Waals surface area contributed by atoms with Crippen LogP contribution in [-0.4, -0.2) is 48.3 Å². The van der Waals surface area contributed by atoms with Crippen molar-refractivity contribution in [3.8, 4) is 0 Å². The average Bonchev–Trinajstić information content (AvgIpc) is 3.07. The van der Waals surface area contributed by atoms with E-state index in [0.29, 0.717) is 36.5 Å². The summed E-state index contributed by atoms with van der Waals surface area (Å²) in [5.74, 6) is -0.363. The summed E-state index contributed by atoms with van der Waals surface area (Å²) in [6, 6.07) is 37.5. The average molecular weight is 707 g/mol. The number of halogens is 1. The van der Waals surface area contributed by atoms with Gasteiger partial charge in [-0.2, -0.15) is 15.3 Å². The Bertz CT molecular complexity index is 1510. The molecule has 12 heteroatoms. The Labute approximate surface area is 286 Å². The Hall–Kier alpha value is -3.56.